The Labute approximate surface area is 76.0 Å². The molecule has 0 fully saturated rings. The van der Waals surface area contributed by atoms with Gasteiger partial charge in [-0.2, -0.15) is 0 Å². The van der Waals surface area contributed by atoms with Gasteiger partial charge in [0.1, 0.15) is 0 Å². The van der Waals surface area contributed by atoms with Crippen LogP contribution in [0.2, 0.25) is 0 Å². The molecule has 3 heteroatoms. The Morgan fingerprint density at radius 1 is 1.38 bits per heavy atom. The molecule has 0 aromatic heterocycles. The van der Waals surface area contributed by atoms with Crippen LogP contribution in [0.15, 0.2) is 24.3 Å². The molecule has 0 spiro atoms. The van der Waals surface area contributed by atoms with E-state index < -0.39 is 11.6 Å². The summed E-state index contributed by atoms with van der Waals surface area (Å²) in [5, 5.41) is 8.59. The van der Waals surface area contributed by atoms with Crippen molar-refractivity contribution in [1.82, 2.24) is 0 Å². The Hall–Kier alpha value is -1.38. The largest absolute Gasteiger partial charge is 0.479 e. The standard InChI is InChI=1S/C10H11FO2/c1-7-3-5-8(6-4-7)10(2,11)9(12)13/h3-6H,1-2H3,(H,12,13)/t10-/m0/s1. The highest BCUT2D eigenvalue weighted by Gasteiger charge is 2.34. The van der Waals surface area contributed by atoms with Crippen LogP contribution in [0.3, 0.4) is 0 Å². The number of benzene rings is 1. The van der Waals surface area contributed by atoms with E-state index in [0.717, 1.165) is 12.5 Å². The SMILES string of the molecule is Cc1ccc([C@](C)(F)C(=O)O)cc1. The van der Waals surface area contributed by atoms with E-state index in [4.69, 9.17) is 5.11 Å². The molecule has 0 heterocycles. The van der Waals surface area contributed by atoms with Crippen LogP contribution in [0.1, 0.15) is 18.1 Å². The average molecular weight is 182 g/mol. The first-order chi connectivity index (χ1) is 5.94. The summed E-state index contributed by atoms with van der Waals surface area (Å²) in [6.45, 7) is 2.90. The first-order valence-corrected chi connectivity index (χ1v) is 3.94. The number of carboxylic acid groups (broad SMARTS) is 1. The smallest absolute Gasteiger partial charge is 0.345 e. The van der Waals surface area contributed by atoms with E-state index in [0.29, 0.717) is 0 Å². The molecule has 0 aliphatic rings. The molecule has 0 aliphatic carbocycles. The third-order valence-electron chi connectivity index (χ3n) is 2.00. The van der Waals surface area contributed by atoms with Gasteiger partial charge in [-0.25, -0.2) is 9.18 Å². The Balaban J connectivity index is 3.08. The molecule has 70 valence electrons. The van der Waals surface area contributed by atoms with Crippen molar-refractivity contribution in [2.75, 3.05) is 0 Å². The number of halogens is 1. The maximum absolute atomic E-state index is 13.5. The fraction of sp³-hybridized carbons (Fsp3) is 0.300. The van der Waals surface area contributed by atoms with E-state index in [1.807, 2.05) is 6.92 Å². The van der Waals surface area contributed by atoms with Gasteiger partial charge in [-0.05, 0) is 13.8 Å². The molecule has 0 bridgehead atoms. The number of aryl methyl sites for hydroxylation is 1. The van der Waals surface area contributed by atoms with Crippen LogP contribution < -0.4 is 0 Å². The lowest BCUT2D eigenvalue weighted by molar-refractivity contribution is -0.150. The van der Waals surface area contributed by atoms with Gasteiger partial charge in [0.05, 0.1) is 0 Å². The maximum atomic E-state index is 13.5. The number of carboxylic acids is 1. The van der Waals surface area contributed by atoms with Gasteiger partial charge < -0.3 is 5.11 Å². The zero-order valence-electron chi connectivity index (χ0n) is 7.54. The van der Waals surface area contributed by atoms with Gasteiger partial charge in [0.2, 0.25) is 5.67 Å². The summed E-state index contributed by atoms with van der Waals surface area (Å²) in [7, 11) is 0. The molecule has 0 radical (unpaired) electrons. The minimum Gasteiger partial charge on any atom is -0.479 e. The van der Waals surface area contributed by atoms with E-state index in [2.05, 4.69) is 0 Å². The van der Waals surface area contributed by atoms with Gasteiger partial charge in [0, 0.05) is 5.56 Å². The fourth-order valence-electron chi connectivity index (χ4n) is 0.990. The quantitative estimate of drug-likeness (QED) is 0.761. The molecule has 1 aromatic rings. The molecule has 0 saturated heterocycles. The lowest BCUT2D eigenvalue weighted by Gasteiger charge is -2.15. The van der Waals surface area contributed by atoms with E-state index in [-0.39, 0.29) is 5.56 Å². The Kier molecular flexibility index (Phi) is 2.36. The zero-order chi connectivity index (χ0) is 10.1. The van der Waals surface area contributed by atoms with Crippen LogP contribution in [0.5, 0.6) is 0 Å². The Morgan fingerprint density at radius 2 is 1.85 bits per heavy atom. The molecule has 1 atom stereocenters. The van der Waals surface area contributed by atoms with Crippen LogP contribution in [0, 0.1) is 6.92 Å². The molecule has 13 heavy (non-hydrogen) atoms. The fourth-order valence-corrected chi connectivity index (χ4v) is 0.990. The first-order valence-electron chi connectivity index (χ1n) is 3.94. The van der Waals surface area contributed by atoms with Gasteiger partial charge in [-0.3, -0.25) is 0 Å². The van der Waals surface area contributed by atoms with Gasteiger partial charge in [-0.1, -0.05) is 29.8 Å². The number of carbonyl (C=O) groups is 1. The van der Waals surface area contributed by atoms with Gasteiger partial charge >= 0.3 is 5.97 Å². The second-order valence-corrected chi connectivity index (χ2v) is 3.17. The van der Waals surface area contributed by atoms with Crippen molar-refractivity contribution in [3.05, 3.63) is 35.4 Å². The van der Waals surface area contributed by atoms with Crippen molar-refractivity contribution < 1.29 is 14.3 Å². The topological polar surface area (TPSA) is 37.3 Å². The van der Waals surface area contributed by atoms with Crippen LogP contribution in [-0.4, -0.2) is 11.1 Å². The third kappa shape index (κ3) is 1.86. The number of rotatable bonds is 2. The van der Waals surface area contributed by atoms with Crippen molar-refractivity contribution in [1.29, 1.82) is 0 Å². The minimum atomic E-state index is -2.30. The normalized spacial score (nSPS) is 15.0. The Bertz CT molecular complexity index is 314. The number of hydrogen-bond donors (Lipinski definition) is 1. The van der Waals surface area contributed by atoms with Gasteiger partial charge in [-0.15, -0.1) is 0 Å². The van der Waals surface area contributed by atoms with Crippen LogP contribution in [0.4, 0.5) is 4.39 Å². The van der Waals surface area contributed by atoms with Crippen LogP contribution >= 0.6 is 0 Å². The van der Waals surface area contributed by atoms with E-state index in [1.165, 1.54) is 12.1 Å². The average Bonchev–Trinajstić information content (AvgIpc) is 2.04. The summed E-state index contributed by atoms with van der Waals surface area (Å²) in [5.41, 5.74) is -1.15. The lowest BCUT2D eigenvalue weighted by Crippen LogP contribution is -2.26. The lowest BCUT2D eigenvalue weighted by atomic mass is 9.97. The summed E-state index contributed by atoms with van der Waals surface area (Å²) >= 11 is 0. The molecule has 1 N–H and O–H groups in total. The number of aliphatic carboxylic acids is 1. The van der Waals surface area contributed by atoms with E-state index in [1.54, 1.807) is 12.1 Å². The predicted octanol–water partition coefficient (Wildman–Crippen LogP) is 2.26. The van der Waals surface area contributed by atoms with Gasteiger partial charge in [0.15, 0.2) is 0 Å². The van der Waals surface area contributed by atoms with Crippen LogP contribution in [0.25, 0.3) is 0 Å². The third-order valence-corrected chi connectivity index (χ3v) is 2.00. The molecule has 1 rings (SSSR count). The van der Waals surface area contributed by atoms with E-state index >= 15 is 0 Å². The second kappa shape index (κ2) is 3.17. The number of alkyl halides is 1. The summed E-state index contributed by atoms with van der Waals surface area (Å²) < 4.78 is 13.5. The minimum absolute atomic E-state index is 0.172. The number of hydrogen-bond acceptors (Lipinski definition) is 1. The highest BCUT2D eigenvalue weighted by molar-refractivity contribution is 5.78. The summed E-state index contributed by atoms with van der Waals surface area (Å²) in [5.74, 6) is -1.46. The molecule has 2 nitrogen and oxygen atoms in total. The second-order valence-electron chi connectivity index (χ2n) is 3.17. The molecular formula is C10H11FO2. The van der Waals surface area contributed by atoms with Crippen molar-refractivity contribution in [2.45, 2.75) is 19.5 Å². The highest BCUT2D eigenvalue weighted by Crippen LogP contribution is 2.25. The first kappa shape index (κ1) is 9.71. The zero-order valence-corrected chi connectivity index (χ0v) is 7.54. The van der Waals surface area contributed by atoms with Crippen molar-refractivity contribution in [3.63, 3.8) is 0 Å². The highest BCUT2D eigenvalue weighted by atomic mass is 19.1. The summed E-state index contributed by atoms with van der Waals surface area (Å²) in [4.78, 5) is 10.5. The summed E-state index contributed by atoms with van der Waals surface area (Å²) in [6.07, 6.45) is 0. The van der Waals surface area contributed by atoms with Gasteiger partial charge in [0.25, 0.3) is 0 Å². The summed E-state index contributed by atoms with van der Waals surface area (Å²) in [6, 6.07) is 6.36. The van der Waals surface area contributed by atoms with Crippen molar-refractivity contribution >= 4 is 5.97 Å². The molecule has 0 amide bonds. The van der Waals surface area contributed by atoms with Crippen molar-refractivity contribution in [3.8, 4) is 0 Å². The molecular weight excluding hydrogens is 171 g/mol. The molecule has 0 saturated carbocycles. The monoisotopic (exact) mass is 182 g/mol. The molecule has 0 unspecified atom stereocenters. The molecule has 0 aliphatic heterocycles. The van der Waals surface area contributed by atoms with Crippen LogP contribution in [-0.2, 0) is 10.5 Å². The maximum Gasteiger partial charge on any atom is 0.345 e. The predicted molar refractivity (Wildman–Crippen MR) is 47.3 cm³/mol. The van der Waals surface area contributed by atoms with Crippen molar-refractivity contribution in [2.24, 2.45) is 0 Å². The van der Waals surface area contributed by atoms with E-state index in [9.17, 15) is 9.18 Å². The Morgan fingerprint density at radius 3 is 2.23 bits per heavy atom. The molecule has 1 aromatic carbocycles.